The number of aromatic nitrogens is 4. The summed E-state index contributed by atoms with van der Waals surface area (Å²) in [5.41, 5.74) is 11.2. The average molecular weight is 691 g/mol. The van der Waals surface area contributed by atoms with E-state index in [1.165, 1.54) is 16.2 Å². The van der Waals surface area contributed by atoms with E-state index in [0.29, 0.717) is 17.5 Å². The van der Waals surface area contributed by atoms with E-state index < -0.39 is 0 Å². The third-order valence-corrected chi connectivity index (χ3v) is 10.4. The second-order valence-electron chi connectivity index (χ2n) is 13.7. The Labute approximate surface area is 310 Å². The monoisotopic (exact) mass is 690 g/mol. The fraction of sp³-hybridized carbons (Fsp3) is 0. The molecule has 8 aromatic carbocycles. The molecule has 54 heavy (non-hydrogen) atoms. The lowest BCUT2D eigenvalue weighted by molar-refractivity contribution is 0.658. The molecule has 0 aliphatic heterocycles. The summed E-state index contributed by atoms with van der Waals surface area (Å²) in [7, 11) is 0. The van der Waals surface area contributed by atoms with Gasteiger partial charge in [-0.05, 0) is 68.6 Å². The van der Waals surface area contributed by atoms with Gasteiger partial charge >= 0.3 is 0 Å². The van der Waals surface area contributed by atoms with Crippen LogP contribution in [-0.4, -0.2) is 19.4 Å². The lowest BCUT2D eigenvalue weighted by atomic mass is 9.99. The van der Waals surface area contributed by atoms with Crippen LogP contribution in [0.4, 0.5) is 0 Å². The number of oxazole rings is 1. The molecular formula is C49H30N4O. The lowest BCUT2D eigenvalue weighted by Crippen LogP contribution is -2.00. The summed E-state index contributed by atoms with van der Waals surface area (Å²) in [6.07, 6.45) is 0. The molecule has 0 spiro atoms. The van der Waals surface area contributed by atoms with E-state index in [1.807, 2.05) is 12.1 Å². The zero-order valence-electron chi connectivity index (χ0n) is 29.0. The third kappa shape index (κ3) is 4.98. The van der Waals surface area contributed by atoms with E-state index in [4.69, 9.17) is 19.4 Å². The lowest BCUT2D eigenvalue weighted by Gasteiger charge is -2.10. The first-order valence-corrected chi connectivity index (χ1v) is 18.1. The van der Waals surface area contributed by atoms with Gasteiger partial charge in [0.1, 0.15) is 0 Å². The van der Waals surface area contributed by atoms with Gasteiger partial charge in [-0.2, -0.15) is 0 Å². The van der Waals surface area contributed by atoms with Crippen molar-refractivity contribution in [3.8, 4) is 56.4 Å². The van der Waals surface area contributed by atoms with Crippen LogP contribution in [-0.2, 0) is 0 Å². The predicted molar refractivity (Wildman–Crippen MR) is 220 cm³/mol. The van der Waals surface area contributed by atoms with E-state index in [9.17, 15) is 0 Å². The van der Waals surface area contributed by atoms with Crippen LogP contribution in [0.5, 0.6) is 0 Å². The molecule has 0 N–H and O–H groups in total. The Balaban J connectivity index is 0.972. The Bertz CT molecular complexity index is 3110. The first-order valence-electron chi connectivity index (χ1n) is 18.1. The van der Waals surface area contributed by atoms with Crippen LogP contribution in [0, 0.1) is 0 Å². The van der Waals surface area contributed by atoms with Crippen LogP contribution in [0.2, 0.25) is 0 Å². The van der Waals surface area contributed by atoms with Crippen molar-refractivity contribution in [3.63, 3.8) is 0 Å². The summed E-state index contributed by atoms with van der Waals surface area (Å²) in [4.78, 5) is 15.1. The van der Waals surface area contributed by atoms with Crippen LogP contribution in [0.1, 0.15) is 0 Å². The number of fused-ring (bicyclic) bond motifs is 7. The van der Waals surface area contributed by atoms with Crippen molar-refractivity contribution in [2.75, 3.05) is 0 Å². The molecule has 0 unspecified atom stereocenters. The molecule has 0 aliphatic carbocycles. The van der Waals surface area contributed by atoms with E-state index in [1.54, 1.807) is 0 Å². The molecule has 0 radical (unpaired) electrons. The zero-order chi connectivity index (χ0) is 35.6. The Morgan fingerprint density at radius 3 is 1.41 bits per heavy atom. The maximum Gasteiger partial charge on any atom is 0.213 e. The highest BCUT2D eigenvalue weighted by Crippen LogP contribution is 2.40. The van der Waals surface area contributed by atoms with Crippen molar-refractivity contribution in [1.29, 1.82) is 0 Å². The molecule has 0 amide bonds. The number of hydrogen-bond donors (Lipinski definition) is 0. The standard InChI is InChI=1S/C49H30N4O/c1-3-11-37-29-39(27-21-31(37)9-1)47-50-46(51-48(52-47)40-28-22-32-10-2-4-12-38(32)30-40)36-25-19-34(20-26-36)33-17-23-35(24-18-33)45-41-13-5-6-14-42(41)53-43-15-7-8-16-44(43)54-49(45)53/h1-30H. The highest BCUT2D eigenvalue weighted by atomic mass is 16.3. The Morgan fingerprint density at radius 2 is 0.796 bits per heavy atom. The molecule has 11 aromatic rings. The minimum absolute atomic E-state index is 0.633. The van der Waals surface area contributed by atoms with E-state index in [-0.39, 0.29) is 0 Å². The van der Waals surface area contributed by atoms with Crippen molar-refractivity contribution >= 4 is 49.3 Å². The van der Waals surface area contributed by atoms with Crippen molar-refractivity contribution in [3.05, 3.63) is 182 Å². The largest absolute Gasteiger partial charge is 0.438 e. The Hall–Kier alpha value is -7.37. The summed E-state index contributed by atoms with van der Waals surface area (Å²) in [5.74, 6) is 1.92. The smallest absolute Gasteiger partial charge is 0.213 e. The number of para-hydroxylation sites is 3. The van der Waals surface area contributed by atoms with E-state index in [2.05, 4.69) is 174 Å². The summed E-state index contributed by atoms with van der Waals surface area (Å²) in [6, 6.07) is 63.4. The van der Waals surface area contributed by atoms with Gasteiger partial charge in [-0.25, -0.2) is 15.0 Å². The minimum atomic E-state index is 0.633. The summed E-state index contributed by atoms with van der Waals surface area (Å²) < 4.78 is 8.68. The maximum atomic E-state index is 6.45. The predicted octanol–water partition coefficient (Wildman–Crippen LogP) is 12.7. The molecule has 0 bridgehead atoms. The second-order valence-corrected chi connectivity index (χ2v) is 13.7. The van der Waals surface area contributed by atoms with Gasteiger partial charge in [0.15, 0.2) is 23.1 Å². The van der Waals surface area contributed by atoms with Gasteiger partial charge in [0.05, 0.1) is 16.6 Å². The molecule has 11 rings (SSSR count). The van der Waals surface area contributed by atoms with Crippen molar-refractivity contribution in [2.24, 2.45) is 0 Å². The molecule has 0 aliphatic rings. The highest BCUT2D eigenvalue weighted by Gasteiger charge is 2.20. The maximum absolute atomic E-state index is 6.45. The van der Waals surface area contributed by atoms with Gasteiger partial charge < -0.3 is 4.42 Å². The number of rotatable bonds is 5. The second kappa shape index (κ2) is 12.1. The highest BCUT2D eigenvalue weighted by molar-refractivity contribution is 6.07. The Kier molecular flexibility index (Phi) is 6.79. The number of hydrogen-bond acceptors (Lipinski definition) is 4. The van der Waals surface area contributed by atoms with Crippen LogP contribution >= 0.6 is 0 Å². The fourth-order valence-electron chi connectivity index (χ4n) is 7.72. The average Bonchev–Trinajstić information content (AvgIpc) is 3.78. The number of benzene rings is 8. The van der Waals surface area contributed by atoms with Gasteiger partial charge in [0.2, 0.25) is 5.71 Å². The van der Waals surface area contributed by atoms with Crippen molar-refractivity contribution < 1.29 is 4.42 Å². The van der Waals surface area contributed by atoms with Crippen LogP contribution < -0.4 is 0 Å². The molecule has 0 atom stereocenters. The molecule has 3 heterocycles. The van der Waals surface area contributed by atoms with E-state index >= 15 is 0 Å². The molecular weight excluding hydrogens is 661 g/mol. The summed E-state index contributed by atoms with van der Waals surface area (Å²) >= 11 is 0. The topological polar surface area (TPSA) is 56.2 Å². The Morgan fingerprint density at radius 1 is 0.352 bits per heavy atom. The molecule has 0 saturated heterocycles. The molecule has 0 fully saturated rings. The zero-order valence-corrected chi connectivity index (χ0v) is 29.0. The molecule has 3 aromatic heterocycles. The SMILES string of the molecule is c1ccc2cc(-c3nc(-c4ccc(-c5ccc(-c6c7ccccc7n7c6oc6ccccc67)cc5)cc4)nc(-c4ccc5ccccc5c4)n3)ccc2c1. The van der Waals surface area contributed by atoms with Crippen LogP contribution in [0.25, 0.3) is 106 Å². The number of nitrogens with zero attached hydrogens (tertiary/aromatic N) is 4. The van der Waals surface area contributed by atoms with Gasteiger partial charge in [-0.1, -0.05) is 152 Å². The van der Waals surface area contributed by atoms with Crippen molar-refractivity contribution in [2.45, 2.75) is 0 Å². The summed E-state index contributed by atoms with van der Waals surface area (Å²) in [6.45, 7) is 0. The van der Waals surface area contributed by atoms with Gasteiger partial charge in [0.25, 0.3) is 0 Å². The quantitative estimate of drug-likeness (QED) is 0.180. The summed E-state index contributed by atoms with van der Waals surface area (Å²) in [5, 5.41) is 5.82. The molecule has 0 saturated carbocycles. The molecule has 5 nitrogen and oxygen atoms in total. The third-order valence-electron chi connectivity index (χ3n) is 10.4. The normalized spacial score (nSPS) is 11.7. The minimum Gasteiger partial charge on any atom is -0.438 e. The van der Waals surface area contributed by atoms with Crippen molar-refractivity contribution in [1.82, 2.24) is 19.4 Å². The van der Waals surface area contributed by atoms with E-state index in [0.717, 1.165) is 72.0 Å². The molecule has 5 heteroatoms. The van der Waals surface area contributed by atoms with Gasteiger partial charge in [-0.15, -0.1) is 0 Å². The van der Waals surface area contributed by atoms with Gasteiger partial charge in [-0.3, -0.25) is 4.40 Å². The van der Waals surface area contributed by atoms with Gasteiger partial charge in [0, 0.05) is 22.1 Å². The first-order chi connectivity index (χ1) is 26.7. The fourth-order valence-corrected chi connectivity index (χ4v) is 7.72. The van der Waals surface area contributed by atoms with Crippen LogP contribution in [0.15, 0.2) is 186 Å². The van der Waals surface area contributed by atoms with Crippen LogP contribution in [0.3, 0.4) is 0 Å². The first kappa shape index (κ1) is 30.3. The molecule has 252 valence electrons.